The summed E-state index contributed by atoms with van der Waals surface area (Å²) < 4.78 is 21.4. The van der Waals surface area contributed by atoms with Gasteiger partial charge in [-0.2, -0.15) is 0 Å². The Balaban J connectivity index is 1.55. The summed E-state index contributed by atoms with van der Waals surface area (Å²) in [5.74, 6) is -1.23. The largest absolute Gasteiger partial charge is 0.496 e. The Kier molecular flexibility index (Phi) is 8.15. The van der Waals surface area contributed by atoms with Crippen molar-refractivity contribution in [3.63, 3.8) is 0 Å². The lowest BCUT2D eigenvalue weighted by Gasteiger charge is -2.26. The van der Waals surface area contributed by atoms with E-state index < -0.39 is 23.3 Å². The first-order chi connectivity index (χ1) is 17.1. The van der Waals surface area contributed by atoms with E-state index >= 15 is 0 Å². The number of hydrogen-bond acceptors (Lipinski definition) is 8. The zero-order valence-corrected chi connectivity index (χ0v) is 20.3. The fourth-order valence-electron chi connectivity index (χ4n) is 3.30. The van der Waals surface area contributed by atoms with Crippen molar-refractivity contribution in [2.24, 2.45) is 0 Å². The third kappa shape index (κ3) is 6.53. The first kappa shape index (κ1) is 26.1. The number of hydrogen-bond donors (Lipinski definition) is 3. The number of carbonyl (C=O) groups excluding carboxylic acids is 2. The zero-order valence-electron chi connectivity index (χ0n) is 20.3. The van der Waals surface area contributed by atoms with Crippen LogP contribution in [0.5, 0.6) is 17.2 Å². The number of nitrogens with zero attached hydrogens (tertiary/aromatic N) is 1. The van der Waals surface area contributed by atoms with Gasteiger partial charge in [0.05, 0.1) is 32.6 Å². The summed E-state index contributed by atoms with van der Waals surface area (Å²) in [5.41, 5.74) is 0.269. The fourth-order valence-corrected chi connectivity index (χ4v) is 3.30. The Morgan fingerprint density at radius 1 is 1.03 bits per heavy atom. The molecule has 0 bridgehead atoms. The number of nitrogens with one attached hydrogen (secondary N) is 2. The molecule has 0 fully saturated rings. The molecule has 2 aromatic carbocycles. The van der Waals surface area contributed by atoms with Crippen LogP contribution in [0.3, 0.4) is 0 Å². The van der Waals surface area contributed by atoms with Crippen molar-refractivity contribution in [2.45, 2.75) is 25.8 Å². The second-order valence-corrected chi connectivity index (χ2v) is 8.34. The lowest BCUT2D eigenvalue weighted by Crippen LogP contribution is -2.48. The number of rotatable bonds is 10. The van der Waals surface area contributed by atoms with Gasteiger partial charge in [0, 0.05) is 29.8 Å². The molecule has 0 saturated carbocycles. The van der Waals surface area contributed by atoms with Gasteiger partial charge in [0.15, 0.2) is 12.2 Å². The van der Waals surface area contributed by atoms with Gasteiger partial charge in [0.2, 0.25) is 0 Å². The summed E-state index contributed by atoms with van der Waals surface area (Å²) in [5, 5.41) is 14.4. The predicted octanol–water partition coefficient (Wildman–Crippen LogP) is 3.36. The van der Waals surface area contributed by atoms with Crippen LogP contribution in [-0.2, 0) is 9.59 Å². The number of amides is 2. The third-order valence-electron chi connectivity index (χ3n) is 5.21. The molecule has 190 valence electrons. The SMILES string of the molecule is COc1cc(OCCC(C)(C)NC(=O)C(=O)Nc2ccc(-c3cnco3)c(OC)c2)ccc1C(=O)O. The van der Waals surface area contributed by atoms with Gasteiger partial charge in [-0.3, -0.25) is 9.59 Å². The van der Waals surface area contributed by atoms with Crippen LogP contribution < -0.4 is 24.8 Å². The number of carboxylic acids is 1. The van der Waals surface area contributed by atoms with Crippen molar-refractivity contribution in [1.29, 1.82) is 0 Å². The summed E-state index contributed by atoms with van der Waals surface area (Å²) in [4.78, 5) is 40.0. The predicted molar refractivity (Wildman–Crippen MR) is 129 cm³/mol. The summed E-state index contributed by atoms with van der Waals surface area (Å²) >= 11 is 0. The number of methoxy groups -OCH3 is 2. The first-order valence-electron chi connectivity index (χ1n) is 10.9. The van der Waals surface area contributed by atoms with E-state index in [0.717, 1.165) is 0 Å². The van der Waals surface area contributed by atoms with Gasteiger partial charge >= 0.3 is 17.8 Å². The molecule has 3 rings (SSSR count). The molecule has 0 unspecified atom stereocenters. The Morgan fingerprint density at radius 3 is 2.42 bits per heavy atom. The van der Waals surface area contributed by atoms with Gasteiger partial charge in [-0.05, 0) is 38.1 Å². The lowest BCUT2D eigenvalue weighted by atomic mass is 10.0. The Bertz CT molecular complexity index is 1240. The smallest absolute Gasteiger partial charge is 0.339 e. The Labute approximate surface area is 207 Å². The molecule has 1 aromatic heterocycles. The van der Waals surface area contributed by atoms with E-state index in [-0.39, 0.29) is 17.9 Å². The molecular formula is C25H27N3O8. The number of ether oxygens (including phenoxy) is 3. The molecule has 0 radical (unpaired) electrons. The van der Waals surface area contributed by atoms with Crippen LogP contribution in [0.4, 0.5) is 5.69 Å². The van der Waals surface area contributed by atoms with Crippen LogP contribution in [0.2, 0.25) is 0 Å². The van der Waals surface area contributed by atoms with Gasteiger partial charge in [0.25, 0.3) is 0 Å². The molecule has 0 aliphatic rings. The third-order valence-corrected chi connectivity index (χ3v) is 5.21. The maximum absolute atomic E-state index is 12.5. The highest BCUT2D eigenvalue weighted by molar-refractivity contribution is 6.39. The number of benzene rings is 2. The highest BCUT2D eigenvalue weighted by atomic mass is 16.5. The molecule has 0 aliphatic heterocycles. The van der Waals surface area contributed by atoms with Crippen LogP contribution in [0.25, 0.3) is 11.3 Å². The molecule has 3 aromatic rings. The highest BCUT2D eigenvalue weighted by Gasteiger charge is 2.25. The minimum Gasteiger partial charge on any atom is -0.496 e. The summed E-state index contributed by atoms with van der Waals surface area (Å²) in [6, 6.07) is 9.27. The second kappa shape index (κ2) is 11.3. The van der Waals surface area contributed by atoms with Gasteiger partial charge in [-0.1, -0.05) is 0 Å². The molecule has 2 amide bonds. The van der Waals surface area contributed by atoms with Crippen LogP contribution in [0, 0.1) is 0 Å². The molecule has 0 spiro atoms. The number of anilines is 1. The van der Waals surface area contributed by atoms with E-state index in [0.29, 0.717) is 34.9 Å². The minimum absolute atomic E-state index is 0.0219. The molecule has 3 N–H and O–H groups in total. The standard InChI is InChI=1S/C25H27N3O8/c1-25(2,9-10-35-16-6-8-18(24(31)32)20(12-16)34-4)28-23(30)22(29)27-15-5-7-17(19(11-15)33-3)21-13-26-14-36-21/h5-8,11-14H,9-10H2,1-4H3,(H,27,29)(H,28,30)(H,31,32). The van der Waals surface area contributed by atoms with Crippen molar-refractivity contribution >= 4 is 23.5 Å². The van der Waals surface area contributed by atoms with E-state index in [4.69, 9.17) is 23.7 Å². The quantitative estimate of drug-likeness (QED) is 0.358. The molecule has 1 heterocycles. The van der Waals surface area contributed by atoms with E-state index in [1.807, 2.05) is 0 Å². The number of oxazole rings is 1. The number of aromatic carboxylic acids is 1. The average Bonchev–Trinajstić information content (AvgIpc) is 3.38. The summed E-state index contributed by atoms with van der Waals surface area (Å²) in [6.45, 7) is 3.71. The van der Waals surface area contributed by atoms with Crippen LogP contribution >= 0.6 is 0 Å². The number of carbonyl (C=O) groups is 3. The van der Waals surface area contributed by atoms with E-state index in [1.165, 1.54) is 45.0 Å². The lowest BCUT2D eigenvalue weighted by molar-refractivity contribution is -0.137. The van der Waals surface area contributed by atoms with Crippen molar-refractivity contribution in [1.82, 2.24) is 10.3 Å². The van der Waals surface area contributed by atoms with Crippen LogP contribution in [-0.4, -0.2) is 54.2 Å². The average molecular weight is 498 g/mol. The van der Waals surface area contributed by atoms with Gasteiger partial charge < -0.3 is 34.4 Å². The molecule has 36 heavy (non-hydrogen) atoms. The van der Waals surface area contributed by atoms with E-state index in [2.05, 4.69) is 15.6 Å². The highest BCUT2D eigenvalue weighted by Crippen LogP contribution is 2.32. The number of carboxylic acid groups (broad SMARTS) is 1. The van der Waals surface area contributed by atoms with Crippen molar-refractivity contribution in [3.05, 3.63) is 54.6 Å². The number of aromatic nitrogens is 1. The monoisotopic (exact) mass is 497 g/mol. The van der Waals surface area contributed by atoms with Gasteiger partial charge in [0.1, 0.15) is 22.8 Å². The van der Waals surface area contributed by atoms with E-state index in [9.17, 15) is 14.4 Å². The molecule has 11 nitrogen and oxygen atoms in total. The maximum Gasteiger partial charge on any atom is 0.339 e. The maximum atomic E-state index is 12.5. The van der Waals surface area contributed by atoms with Crippen LogP contribution in [0.1, 0.15) is 30.6 Å². The molecular weight excluding hydrogens is 470 g/mol. The Hall–Kier alpha value is -4.54. The second-order valence-electron chi connectivity index (χ2n) is 8.34. The van der Waals surface area contributed by atoms with Gasteiger partial charge in [-0.15, -0.1) is 0 Å². The summed E-state index contributed by atoms with van der Waals surface area (Å²) in [7, 11) is 2.85. The molecule has 0 aliphatic carbocycles. The van der Waals surface area contributed by atoms with Crippen LogP contribution in [0.15, 0.2) is 53.4 Å². The van der Waals surface area contributed by atoms with Gasteiger partial charge in [-0.25, -0.2) is 9.78 Å². The van der Waals surface area contributed by atoms with Crippen molar-refractivity contribution < 1.29 is 38.1 Å². The topological polar surface area (TPSA) is 149 Å². The van der Waals surface area contributed by atoms with E-state index in [1.54, 1.807) is 32.0 Å². The van der Waals surface area contributed by atoms with Crippen molar-refractivity contribution in [3.8, 4) is 28.6 Å². The molecule has 0 saturated heterocycles. The molecule has 11 heteroatoms. The molecule has 0 atom stereocenters. The Morgan fingerprint density at radius 2 is 1.78 bits per heavy atom. The summed E-state index contributed by atoms with van der Waals surface area (Å²) in [6.07, 6.45) is 3.21. The normalized spacial score (nSPS) is 10.9. The van der Waals surface area contributed by atoms with Crippen molar-refractivity contribution in [2.75, 3.05) is 26.1 Å². The fraction of sp³-hybridized carbons (Fsp3) is 0.280. The first-order valence-corrected chi connectivity index (χ1v) is 10.9. The zero-order chi connectivity index (χ0) is 26.3. The minimum atomic E-state index is -1.11.